The fourth-order valence-corrected chi connectivity index (χ4v) is 7.27. The van der Waals surface area contributed by atoms with E-state index in [-0.39, 0.29) is 216 Å². The molecule has 0 spiro atoms. The molecule has 0 aliphatic heterocycles. The van der Waals surface area contributed by atoms with Crippen molar-refractivity contribution in [2.45, 2.75) is 70.8 Å². The predicted molar refractivity (Wildman–Crippen MR) is 89.3 cm³/mol. The van der Waals surface area contributed by atoms with Crippen molar-refractivity contribution in [2.24, 2.45) is 34.5 Å². The van der Waals surface area contributed by atoms with E-state index in [1.165, 1.54) is 18.8 Å². The molecule has 132 valence electrons. The third-order valence-corrected chi connectivity index (χ3v) is 8.65. The molecule has 4 aliphatic carbocycles. The molecule has 0 aromatic carbocycles. The first-order valence-electron chi connectivity index (χ1n) is 9.30. The van der Waals surface area contributed by atoms with Gasteiger partial charge in [-0.15, -0.1) is 0 Å². The van der Waals surface area contributed by atoms with E-state index < -0.39 is 5.60 Å². The maximum atomic E-state index is 13.1. The van der Waals surface area contributed by atoms with Crippen molar-refractivity contribution in [1.82, 2.24) is 0 Å². The molecule has 0 saturated heterocycles. The van der Waals surface area contributed by atoms with E-state index in [9.17, 15) is 5.11 Å². The van der Waals surface area contributed by atoms with Crippen molar-refractivity contribution in [2.75, 3.05) is 0 Å². The molecule has 4 unspecified atom stereocenters. The molecule has 0 heterocycles. The van der Waals surface area contributed by atoms with Crippen LogP contribution >= 0.6 is 0 Å². The number of hydrogen-bond acceptors (Lipinski definition) is 2. The molecule has 0 radical (unpaired) electrons. The van der Waals surface area contributed by atoms with E-state index in [1.54, 1.807) is 0 Å². The van der Waals surface area contributed by atoms with Gasteiger partial charge in [0.2, 0.25) is 0 Å². The largest absolute Gasteiger partial charge is 1.00 e. The zero-order chi connectivity index (χ0) is 16.5. The van der Waals surface area contributed by atoms with Crippen molar-refractivity contribution in [3.05, 3.63) is 18.8 Å². The first-order valence-corrected chi connectivity index (χ1v) is 9.30. The van der Waals surface area contributed by atoms with Crippen LogP contribution in [0.1, 0.15) is 65.2 Å². The topological polar surface area (TPSA) is 53.1 Å². The quantitative estimate of drug-likeness (QED) is 0.197. The molecular formula is C22H27K4O2-. The molecule has 4 fully saturated rings. The molecule has 28 heavy (non-hydrogen) atoms. The second kappa shape index (κ2) is 13.7. The van der Waals surface area contributed by atoms with E-state index >= 15 is 0 Å². The first-order chi connectivity index (χ1) is 10.9. The van der Waals surface area contributed by atoms with Gasteiger partial charge in [0.15, 0.2) is 0 Å². The summed E-state index contributed by atoms with van der Waals surface area (Å²) in [6.07, 6.45) is 23.4. The minimum Gasteiger partial charge on any atom is -0.870 e. The van der Waals surface area contributed by atoms with Crippen molar-refractivity contribution in [3.8, 4) is 11.8 Å². The maximum Gasteiger partial charge on any atom is 1.00 e. The van der Waals surface area contributed by atoms with Gasteiger partial charge in [-0.1, -0.05) is 43.6 Å². The average molecular weight is 480 g/mol. The first kappa shape index (κ1) is 35.6. The standard InChI is InChI=1S/C22H26O.4K.H2O/c1-5-15-13-16-7-8-17-18(20(16,3)14-15)9-11-21(4)19(17)10-12-22(21,23)6-2;;;;;/h16-19H,7-14H2,3-4H3;;;;;1H2/q-4;4*+1;/p-1/t16?,17?,18?,19?,20-,21-,22-;;;;;/m0...../s1. The Bertz CT molecular complexity index is 615. The van der Waals surface area contributed by atoms with Crippen LogP contribution in [0.25, 0.3) is 0 Å². The van der Waals surface area contributed by atoms with Crippen LogP contribution < -0.4 is 211 Å². The zero-order valence-corrected chi connectivity index (χ0v) is 31.3. The van der Waals surface area contributed by atoms with Crippen molar-refractivity contribution >= 4 is 0 Å². The predicted octanol–water partition coefficient (Wildman–Crippen LogP) is -8.67. The van der Waals surface area contributed by atoms with E-state index in [1.807, 2.05) is 0 Å². The summed E-state index contributed by atoms with van der Waals surface area (Å²) < 4.78 is 0. The van der Waals surface area contributed by atoms with Crippen LogP contribution in [0.3, 0.4) is 0 Å². The Hall–Kier alpha value is 5.46. The molecule has 1 N–H and O–H groups in total. The molecule has 4 aliphatic rings. The Labute approximate surface area is 342 Å². The Kier molecular flexibility index (Phi) is 17.4. The molecule has 6 heteroatoms. The maximum absolute atomic E-state index is 13.1. The Balaban J connectivity index is 0. The van der Waals surface area contributed by atoms with E-state index in [0.717, 1.165) is 32.1 Å². The number of hydrogen-bond donors (Lipinski definition) is 0. The molecule has 0 amide bonds. The summed E-state index contributed by atoms with van der Waals surface area (Å²) >= 11 is 0. The van der Waals surface area contributed by atoms with Crippen LogP contribution in [-0.2, 0) is 0 Å². The van der Waals surface area contributed by atoms with E-state index in [4.69, 9.17) is 12.8 Å². The molecule has 0 aromatic heterocycles. The SMILES string of the molecule is [C-]#C[C-]1CC2CCC3C(CC[C@@]4(C)C3CC[C@@]4([O-])C#[C-])[C@@]2(C)C1.[K+].[K+].[K+].[K+].[OH-]. The summed E-state index contributed by atoms with van der Waals surface area (Å²) in [4.78, 5) is 0. The van der Waals surface area contributed by atoms with Crippen LogP contribution in [0, 0.1) is 65.1 Å². The summed E-state index contributed by atoms with van der Waals surface area (Å²) in [5.74, 6) is 8.84. The van der Waals surface area contributed by atoms with Gasteiger partial charge in [0.05, 0.1) is 0 Å². The van der Waals surface area contributed by atoms with Gasteiger partial charge < -0.3 is 41.2 Å². The average Bonchev–Trinajstić information content (AvgIpc) is 3.02. The van der Waals surface area contributed by atoms with Gasteiger partial charge in [0.25, 0.3) is 0 Å². The van der Waals surface area contributed by atoms with Crippen LogP contribution in [0.5, 0.6) is 0 Å². The Morgan fingerprint density at radius 2 is 1.54 bits per heavy atom. The van der Waals surface area contributed by atoms with Crippen LogP contribution in [-0.4, -0.2) is 11.1 Å². The van der Waals surface area contributed by atoms with Gasteiger partial charge in [0, 0.05) is 0 Å². The van der Waals surface area contributed by atoms with Gasteiger partial charge >= 0.3 is 206 Å². The number of rotatable bonds is 0. The molecule has 4 saturated carbocycles. The monoisotopic (exact) mass is 479 g/mol. The van der Waals surface area contributed by atoms with Gasteiger partial charge in [-0.25, -0.2) is 0 Å². The van der Waals surface area contributed by atoms with Crippen LogP contribution in [0.2, 0.25) is 0 Å². The molecular weight excluding hydrogens is 453 g/mol. The van der Waals surface area contributed by atoms with E-state index in [2.05, 4.69) is 25.7 Å². The van der Waals surface area contributed by atoms with Gasteiger partial charge in [-0.3, -0.25) is 0 Å². The second-order valence-electron chi connectivity index (χ2n) is 9.21. The number of fused-ring (bicyclic) bond motifs is 5. The van der Waals surface area contributed by atoms with Gasteiger partial charge in [-0.2, -0.15) is 12.8 Å². The third-order valence-electron chi connectivity index (χ3n) is 8.65. The second-order valence-corrected chi connectivity index (χ2v) is 9.21. The molecule has 2 nitrogen and oxygen atoms in total. The summed E-state index contributed by atoms with van der Waals surface area (Å²) in [6.45, 7) is 4.60. The molecule has 7 atom stereocenters. The minimum atomic E-state index is -1.25. The summed E-state index contributed by atoms with van der Waals surface area (Å²) in [7, 11) is 0. The smallest absolute Gasteiger partial charge is 0.870 e. The van der Waals surface area contributed by atoms with Crippen LogP contribution in [0.15, 0.2) is 0 Å². The zero-order valence-electron chi connectivity index (χ0n) is 18.8. The van der Waals surface area contributed by atoms with Crippen LogP contribution in [0.4, 0.5) is 0 Å². The molecule has 0 bridgehead atoms. The Morgan fingerprint density at radius 3 is 2.11 bits per heavy atom. The molecule has 0 aromatic rings. The minimum absolute atomic E-state index is 0. The Morgan fingerprint density at radius 1 is 0.929 bits per heavy atom. The fourth-order valence-electron chi connectivity index (χ4n) is 7.27. The van der Waals surface area contributed by atoms with E-state index in [0.29, 0.717) is 35.5 Å². The summed E-state index contributed by atoms with van der Waals surface area (Å²) in [5, 5.41) is 13.1. The van der Waals surface area contributed by atoms with Crippen molar-refractivity contribution < 1.29 is 216 Å². The normalized spacial score (nSPS) is 44.8. The van der Waals surface area contributed by atoms with Crippen molar-refractivity contribution in [1.29, 1.82) is 0 Å². The van der Waals surface area contributed by atoms with Gasteiger partial charge in [-0.05, 0) is 48.9 Å². The van der Waals surface area contributed by atoms with Gasteiger partial charge in [0.1, 0.15) is 0 Å². The summed E-state index contributed by atoms with van der Waals surface area (Å²) in [6, 6.07) is 0. The van der Waals surface area contributed by atoms with Crippen molar-refractivity contribution in [3.63, 3.8) is 0 Å². The summed E-state index contributed by atoms with van der Waals surface area (Å²) in [5.41, 5.74) is -1.20. The third kappa shape index (κ3) is 5.71. The fraction of sp³-hybridized carbons (Fsp3) is 0.773. The molecule has 4 rings (SSSR count).